The number of hydrogen-bond acceptors (Lipinski definition) is 3. The number of amides is 1. The fourth-order valence-corrected chi connectivity index (χ4v) is 2.92. The molecule has 4 nitrogen and oxygen atoms in total. The summed E-state index contributed by atoms with van der Waals surface area (Å²) in [6.45, 7) is 2.15. The van der Waals surface area contributed by atoms with Crippen LogP contribution in [0.2, 0.25) is 0 Å². The predicted octanol–water partition coefficient (Wildman–Crippen LogP) is 2.50. The molecule has 1 aliphatic carbocycles. The highest BCUT2D eigenvalue weighted by atomic mass is 32.1. The number of benzene rings is 1. The van der Waals surface area contributed by atoms with Gasteiger partial charge >= 0.3 is 0 Å². The van der Waals surface area contributed by atoms with E-state index in [4.69, 9.17) is 18.0 Å². The molecule has 0 heterocycles. The lowest BCUT2D eigenvalue weighted by molar-refractivity contribution is 0.0898. The van der Waals surface area contributed by atoms with Gasteiger partial charge in [-0.05, 0) is 43.7 Å². The third kappa shape index (κ3) is 3.32. The van der Waals surface area contributed by atoms with E-state index in [0.717, 1.165) is 25.0 Å². The van der Waals surface area contributed by atoms with Crippen molar-refractivity contribution < 1.29 is 14.3 Å². The Kier molecular flexibility index (Phi) is 4.46. The van der Waals surface area contributed by atoms with Crippen LogP contribution in [-0.4, -0.2) is 21.5 Å². The molecule has 0 radical (unpaired) electrons. The normalized spacial score (nSPS) is 25.3. The van der Waals surface area contributed by atoms with Gasteiger partial charge in [-0.15, -0.1) is 0 Å². The van der Waals surface area contributed by atoms with Crippen LogP contribution in [0.4, 0.5) is 4.39 Å². The Hall–Kier alpha value is -1.69. The zero-order chi connectivity index (χ0) is 15.6. The maximum atomic E-state index is 13.0. The molecule has 0 atom stereocenters. The topological polar surface area (TPSA) is 75.3 Å². The van der Waals surface area contributed by atoms with Gasteiger partial charge in [-0.1, -0.05) is 19.1 Å². The van der Waals surface area contributed by atoms with Crippen molar-refractivity contribution in [2.45, 2.75) is 38.1 Å². The number of hydrogen-bond donors (Lipinski definition) is 3. The lowest BCUT2D eigenvalue weighted by Gasteiger charge is -2.39. The number of halogens is 1. The van der Waals surface area contributed by atoms with Gasteiger partial charge < -0.3 is 16.2 Å². The van der Waals surface area contributed by atoms with Crippen LogP contribution in [0.1, 0.15) is 43.0 Å². The van der Waals surface area contributed by atoms with Gasteiger partial charge in [0.25, 0.3) is 5.91 Å². The Morgan fingerprint density at radius 2 is 2.10 bits per heavy atom. The lowest BCUT2D eigenvalue weighted by atomic mass is 9.77. The number of carbonyl (C=O) groups excluding carboxylic acids is 1. The number of aromatic hydroxyl groups is 1. The summed E-state index contributed by atoms with van der Waals surface area (Å²) in [4.78, 5) is 12.6. The number of nitrogens with one attached hydrogen (secondary N) is 1. The van der Waals surface area contributed by atoms with Gasteiger partial charge in [0.15, 0.2) is 0 Å². The quantitative estimate of drug-likeness (QED) is 0.750. The third-order valence-corrected chi connectivity index (χ3v) is 4.55. The molecular formula is C15H19FN2O2S. The van der Waals surface area contributed by atoms with E-state index in [2.05, 4.69) is 12.2 Å². The molecule has 0 unspecified atom stereocenters. The minimum Gasteiger partial charge on any atom is -0.507 e. The number of phenols is 1. The van der Waals surface area contributed by atoms with Crippen LogP contribution in [0.5, 0.6) is 5.75 Å². The van der Waals surface area contributed by atoms with Crippen molar-refractivity contribution in [3.8, 4) is 5.75 Å². The molecule has 1 saturated carbocycles. The third-order valence-electron chi connectivity index (χ3n) is 4.16. The van der Waals surface area contributed by atoms with Crippen LogP contribution >= 0.6 is 12.2 Å². The van der Waals surface area contributed by atoms with Crippen molar-refractivity contribution in [3.63, 3.8) is 0 Å². The first-order valence-corrected chi connectivity index (χ1v) is 7.36. The van der Waals surface area contributed by atoms with Crippen LogP contribution < -0.4 is 11.1 Å². The van der Waals surface area contributed by atoms with Crippen LogP contribution in [0.25, 0.3) is 0 Å². The van der Waals surface area contributed by atoms with E-state index in [-0.39, 0.29) is 10.6 Å². The van der Waals surface area contributed by atoms with E-state index in [9.17, 15) is 14.3 Å². The highest BCUT2D eigenvalue weighted by Crippen LogP contribution is 2.33. The van der Waals surface area contributed by atoms with Gasteiger partial charge in [0.1, 0.15) is 11.6 Å². The van der Waals surface area contributed by atoms with E-state index in [1.807, 2.05) is 0 Å². The van der Waals surface area contributed by atoms with Crippen molar-refractivity contribution in [3.05, 3.63) is 29.6 Å². The van der Waals surface area contributed by atoms with Crippen molar-refractivity contribution >= 4 is 23.1 Å². The number of carbonyl (C=O) groups is 1. The molecule has 1 amide bonds. The Bertz CT molecular complexity index is 569. The molecule has 114 valence electrons. The molecule has 0 aliphatic heterocycles. The van der Waals surface area contributed by atoms with Gasteiger partial charge in [-0.2, -0.15) is 0 Å². The van der Waals surface area contributed by atoms with Gasteiger partial charge in [-0.3, -0.25) is 4.79 Å². The van der Waals surface area contributed by atoms with Crippen LogP contribution in [0, 0.1) is 11.7 Å². The molecule has 4 N–H and O–H groups in total. The largest absolute Gasteiger partial charge is 0.507 e. The van der Waals surface area contributed by atoms with E-state index >= 15 is 0 Å². The van der Waals surface area contributed by atoms with Crippen LogP contribution in [0.3, 0.4) is 0 Å². The minimum atomic E-state index is -0.722. The van der Waals surface area contributed by atoms with Gasteiger partial charge in [-0.25, -0.2) is 4.39 Å². The van der Waals surface area contributed by atoms with Gasteiger partial charge in [0.2, 0.25) is 0 Å². The van der Waals surface area contributed by atoms with Crippen molar-refractivity contribution in [2.24, 2.45) is 11.7 Å². The van der Waals surface area contributed by atoms with Crippen LogP contribution in [-0.2, 0) is 0 Å². The Balaban J connectivity index is 2.21. The highest BCUT2D eigenvalue weighted by Gasteiger charge is 2.38. The molecule has 6 heteroatoms. The molecular weight excluding hydrogens is 291 g/mol. The molecule has 0 saturated heterocycles. The van der Waals surface area contributed by atoms with Crippen molar-refractivity contribution in [2.75, 3.05) is 0 Å². The average molecular weight is 310 g/mol. The molecule has 1 aromatic rings. The molecule has 21 heavy (non-hydrogen) atoms. The summed E-state index contributed by atoms with van der Waals surface area (Å²) < 4.78 is 13.0. The summed E-state index contributed by atoms with van der Waals surface area (Å²) in [7, 11) is 0. The minimum absolute atomic E-state index is 0.0191. The monoisotopic (exact) mass is 310 g/mol. The average Bonchev–Trinajstić information content (AvgIpc) is 2.41. The Labute approximate surface area is 128 Å². The Morgan fingerprint density at radius 1 is 1.48 bits per heavy atom. The zero-order valence-electron chi connectivity index (χ0n) is 11.9. The number of nitrogens with two attached hydrogens (primary N) is 1. The first kappa shape index (κ1) is 15.7. The first-order chi connectivity index (χ1) is 9.84. The second-order valence-electron chi connectivity index (χ2n) is 5.74. The summed E-state index contributed by atoms with van der Waals surface area (Å²) >= 11 is 5.13. The summed E-state index contributed by atoms with van der Waals surface area (Å²) in [5.41, 5.74) is 5.13. The molecule has 0 aromatic heterocycles. The number of rotatable bonds is 3. The van der Waals surface area contributed by atoms with E-state index in [1.54, 1.807) is 0 Å². The summed E-state index contributed by atoms with van der Waals surface area (Å²) in [5.74, 6) is -0.909. The lowest BCUT2D eigenvalue weighted by Crippen LogP contribution is -2.58. The fourth-order valence-electron chi connectivity index (χ4n) is 2.67. The van der Waals surface area contributed by atoms with E-state index in [1.165, 1.54) is 6.07 Å². The Morgan fingerprint density at radius 3 is 2.62 bits per heavy atom. The molecule has 0 bridgehead atoms. The first-order valence-electron chi connectivity index (χ1n) is 6.95. The molecule has 1 fully saturated rings. The SMILES string of the molecule is CC1CCC(NC(=O)c2ccc(F)cc2O)(C(N)=S)CC1. The van der Waals surface area contributed by atoms with E-state index in [0.29, 0.717) is 18.8 Å². The zero-order valence-corrected chi connectivity index (χ0v) is 12.7. The smallest absolute Gasteiger partial charge is 0.255 e. The predicted molar refractivity (Wildman–Crippen MR) is 82.7 cm³/mol. The summed E-state index contributed by atoms with van der Waals surface area (Å²) in [5, 5.41) is 12.5. The number of phenolic OH excluding ortho intramolecular Hbond substituents is 1. The number of thiocarbonyl (C=S) groups is 1. The summed E-state index contributed by atoms with van der Waals surface area (Å²) in [6.07, 6.45) is 3.20. The van der Waals surface area contributed by atoms with Crippen molar-refractivity contribution in [1.82, 2.24) is 5.32 Å². The second kappa shape index (κ2) is 5.97. The van der Waals surface area contributed by atoms with E-state index < -0.39 is 23.0 Å². The highest BCUT2D eigenvalue weighted by molar-refractivity contribution is 7.80. The molecule has 1 aliphatic rings. The maximum Gasteiger partial charge on any atom is 0.255 e. The van der Waals surface area contributed by atoms with Crippen molar-refractivity contribution in [1.29, 1.82) is 0 Å². The summed E-state index contributed by atoms with van der Waals surface area (Å²) in [6, 6.07) is 3.29. The molecule has 0 spiro atoms. The second-order valence-corrected chi connectivity index (χ2v) is 6.18. The standard InChI is InChI=1S/C15H19FN2O2S/c1-9-4-6-15(7-5-9,14(17)21)18-13(20)11-3-2-10(16)8-12(11)19/h2-3,8-9,19H,4-7H2,1H3,(H2,17,21)(H,18,20). The molecule has 1 aromatic carbocycles. The van der Waals surface area contributed by atoms with Gasteiger partial charge in [0, 0.05) is 6.07 Å². The maximum absolute atomic E-state index is 13.0. The van der Waals surface area contributed by atoms with Crippen LogP contribution in [0.15, 0.2) is 18.2 Å². The van der Waals surface area contributed by atoms with Gasteiger partial charge in [0.05, 0.1) is 16.1 Å². The fraction of sp³-hybridized carbons (Fsp3) is 0.467. The molecule has 2 rings (SSSR count).